The Morgan fingerprint density at radius 3 is 2.85 bits per heavy atom. The van der Waals surface area contributed by atoms with E-state index in [1.807, 2.05) is 13.8 Å². The number of anilines is 2. The third kappa shape index (κ3) is 2.66. The van der Waals surface area contributed by atoms with Gasteiger partial charge in [0, 0.05) is 0 Å². The summed E-state index contributed by atoms with van der Waals surface area (Å²) in [4.78, 5) is 29.3. The fraction of sp³-hybridized carbons (Fsp3) is 0.462. The highest BCUT2D eigenvalue weighted by atomic mass is 16.5. The van der Waals surface area contributed by atoms with Gasteiger partial charge >= 0.3 is 0 Å². The molecule has 0 radical (unpaired) electrons. The standard InChI is InChI=1S/C13H18N4O3/c1-3-9-12(19)16-11(18)7-17(9)10-6-5-8(14)13(15-10)20-4-2/h5-6,9H,3-4,7,14H2,1-2H3,(H,16,18,19). The molecule has 1 fully saturated rings. The first kappa shape index (κ1) is 14.1. The number of aromatic nitrogens is 1. The average Bonchev–Trinajstić information content (AvgIpc) is 2.41. The third-order valence-corrected chi connectivity index (χ3v) is 3.09. The van der Waals surface area contributed by atoms with Gasteiger partial charge in [0.2, 0.25) is 17.7 Å². The van der Waals surface area contributed by atoms with Crippen LogP contribution in [0.4, 0.5) is 11.5 Å². The zero-order chi connectivity index (χ0) is 14.7. The smallest absolute Gasteiger partial charge is 0.249 e. The van der Waals surface area contributed by atoms with Crippen molar-refractivity contribution >= 4 is 23.3 Å². The highest BCUT2D eigenvalue weighted by Gasteiger charge is 2.33. The van der Waals surface area contributed by atoms with E-state index in [1.54, 1.807) is 17.0 Å². The van der Waals surface area contributed by atoms with Crippen LogP contribution in [0.15, 0.2) is 12.1 Å². The van der Waals surface area contributed by atoms with Crippen molar-refractivity contribution in [1.82, 2.24) is 10.3 Å². The molecule has 2 amide bonds. The van der Waals surface area contributed by atoms with Crippen LogP contribution < -0.4 is 20.7 Å². The van der Waals surface area contributed by atoms with E-state index in [0.29, 0.717) is 30.4 Å². The van der Waals surface area contributed by atoms with Crippen LogP contribution in [0.1, 0.15) is 20.3 Å². The van der Waals surface area contributed by atoms with Crippen LogP contribution in [-0.2, 0) is 9.59 Å². The molecule has 3 N–H and O–H groups in total. The molecule has 1 aliphatic heterocycles. The Hall–Kier alpha value is -2.31. The van der Waals surface area contributed by atoms with Gasteiger partial charge in [-0.05, 0) is 25.5 Å². The van der Waals surface area contributed by atoms with Crippen LogP contribution in [0.25, 0.3) is 0 Å². The first-order valence-corrected chi connectivity index (χ1v) is 6.56. The number of nitrogens with two attached hydrogens (primary N) is 1. The van der Waals surface area contributed by atoms with Gasteiger partial charge in [-0.3, -0.25) is 14.9 Å². The number of amides is 2. The summed E-state index contributed by atoms with van der Waals surface area (Å²) in [6.07, 6.45) is 0.579. The van der Waals surface area contributed by atoms with Crippen molar-refractivity contribution < 1.29 is 14.3 Å². The van der Waals surface area contributed by atoms with E-state index in [9.17, 15) is 9.59 Å². The van der Waals surface area contributed by atoms with Crippen LogP contribution in [0, 0.1) is 0 Å². The summed E-state index contributed by atoms with van der Waals surface area (Å²) in [5, 5.41) is 2.33. The van der Waals surface area contributed by atoms with Gasteiger partial charge in [-0.15, -0.1) is 0 Å². The van der Waals surface area contributed by atoms with E-state index in [-0.39, 0.29) is 18.4 Å². The molecule has 1 aromatic heterocycles. The number of nitrogen functional groups attached to an aromatic ring is 1. The number of rotatable bonds is 4. The minimum Gasteiger partial charge on any atom is -0.476 e. The number of hydrogen-bond donors (Lipinski definition) is 2. The van der Waals surface area contributed by atoms with Crippen molar-refractivity contribution in [2.75, 3.05) is 23.8 Å². The number of pyridine rings is 1. The molecule has 7 nitrogen and oxygen atoms in total. The molecule has 0 aromatic carbocycles. The molecule has 1 saturated heterocycles. The molecule has 108 valence electrons. The molecule has 7 heteroatoms. The van der Waals surface area contributed by atoms with Crippen molar-refractivity contribution in [3.8, 4) is 5.88 Å². The Kier molecular flexibility index (Phi) is 4.07. The Bertz CT molecular complexity index is 532. The average molecular weight is 278 g/mol. The normalized spacial score (nSPS) is 18.9. The van der Waals surface area contributed by atoms with Gasteiger partial charge in [0.1, 0.15) is 11.9 Å². The summed E-state index contributed by atoms with van der Waals surface area (Å²) in [6.45, 7) is 4.25. The lowest BCUT2D eigenvalue weighted by atomic mass is 10.1. The summed E-state index contributed by atoms with van der Waals surface area (Å²) in [7, 11) is 0. The lowest BCUT2D eigenvalue weighted by Crippen LogP contribution is -2.58. The molecule has 2 rings (SSSR count). The zero-order valence-corrected chi connectivity index (χ0v) is 11.5. The van der Waals surface area contributed by atoms with Crippen molar-refractivity contribution in [2.24, 2.45) is 0 Å². The van der Waals surface area contributed by atoms with E-state index >= 15 is 0 Å². The van der Waals surface area contributed by atoms with Gasteiger partial charge < -0.3 is 15.4 Å². The summed E-state index contributed by atoms with van der Waals surface area (Å²) < 4.78 is 5.34. The van der Waals surface area contributed by atoms with Crippen molar-refractivity contribution in [2.45, 2.75) is 26.3 Å². The predicted octanol–water partition coefficient (Wildman–Crippen LogP) is 0.304. The minimum atomic E-state index is -0.418. The molecule has 0 bridgehead atoms. The zero-order valence-electron chi connectivity index (χ0n) is 11.5. The first-order chi connectivity index (χ1) is 9.56. The third-order valence-electron chi connectivity index (χ3n) is 3.09. The Labute approximate surface area is 117 Å². The van der Waals surface area contributed by atoms with Gasteiger partial charge in [0.25, 0.3) is 0 Å². The van der Waals surface area contributed by atoms with Gasteiger partial charge in [0.05, 0.1) is 18.8 Å². The summed E-state index contributed by atoms with van der Waals surface area (Å²) in [6, 6.07) is 2.93. The van der Waals surface area contributed by atoms with Crippen molar-refractivity contribution in [3.05, 3.63) is 12.1 Å². The Morgan fingerprint density at radius 2 is 2.20 bits per heavy atom. The fourth-order valence-electron chi connectivity index (χ4n) is 2.17. The molecule has 2 heterocycles. The largest absolute Gasteiger partial charge is 0.476 e. The van der Waals surface area contributed by atoms with E-state index in [4.69, 9.17) is 10.5 Å². The van der Waals surface area contributed by atoms with Gasteiger partial charge in [-0.25, -0.2) is 0 Å². The second-order valence-electron chi connectivity index (χ2n) is 4.46. The molecular formula is C13H18N4O3. The van der Waals surface area contributed by atoms with Crippen LogP contribution in [0.2, 0.25) is 0 Å². The monoisotopic (exact) mass is 278 g/mol. The van der Waals surface area contributed by atoms with E-state index in [1.165, 1.54) is 0 Å². The number of nitrogens with one attached hydrogen (secondary N) is 1. The lowest BCUT2D eigenvalue weighted by molar-refractivity contribution is -0.132. The summed E-state index contributed by atoms with van der Waals surface area (Å²) in [5.74, 6) is 0.188. The molecule has 0 saturated carbocycles. The van der Waals surface area contributed by atoms with Crippen molar-refractivity contribution in [1.29, 1.82) is 0 Å². The summed E-state index contributed by atoms with van der Waals surface area (Å²) >= 11 is 0. The predicted molar refractivity (Wildman–Crippen MR) is 74.4 cm³/mol. The molecule has 0 spiro atoms. The van der Waals surface area contributed by atoms with Crippen LogP contribution in [0.3, 0.4) is 0 Å². The SMILES string of the molecule is CCOc1nc(N2CC(=O)NC(=O)C2CC)ccc1N. The lowest BCUT2D eigenvalue weighted by Gasteiger charge is -2.34. The number of carbonyl (C=O) groups is 2. The Balaban J connectivity index is 2.35. The van der Waals surface area contributed by atoms with Gasteiger partial charge in [-0.2, -0.15) is 4.98 Å². The number of carbonyl (C=O) groups excluding carboxylic acids is 2. The number of ether oxygens (including phenoxy) is 1. The first-order valence-electron chi connectivity index (χ1n) is 6.56. The molecule has 1 unspecified atom stereocenters. The Morgan fingerprint density at radius 1 is 1.45 bits per heavy atom. The number of nitrogens with zero attached hydrogens (tertiary/aromatic N) is 2. The van der Waals surface area contributed by atoms with Gasteiger partial charge in [-0.1, -0.05) is 6.92 Å². The van der Waals surface area contributed by atoms with E-state index < -0.39 is 6.04 Å². The number of imide groups is 1. The van der Waals surface area contributed by atoms with Crippen LogP contribution in [0.5, 0.6) is 5.88 Å². The second-order valence-corrected chi connectivity index (χ2v) is 4.46. The van der Waals surface area contributed by atoms with Gasteiger partial charge in [0.15, 0.2) is 0 Å². The van der Waals surface area contributed by atoms with E-state index in [0.717, 1.165) is 0 Å². The highest BCUT2D eigenvalue weighted by Crippen LogP contribution is 2.25. The number of piperazine rings is 1. The quantitative estimate of drug-likeness (QED) is 0.769. The maximum absolute atomic E-state index is 11.8. The topological polar surface area (TPSA) is 97.5 Å². The number of hydrogen-bond acceptors (Lipinski definition) is 6. The fourth-order valence-corrected chi connectivity index (χ4v) is 2.17. The van der Waals surface area contributed by atoms with E-state index in [2.05, 4.69) is 10.3 Å². The molecule has 1 aliphatic rings. The molecule has 1 aromatic rings. The van der Waals surface area contributed by atoms with Crippen LogP contribution >= 0.6 is 0 Å². The summed E-state index contributed by atoms with van der Waals surface area (Å²) in [5.41, 5.74) is 6.20. The maximum atomic E-state index is 11.8. The molecule has 20 heavy (non-hydrogen) atoms. The second kappa shape index (κ2) is 5.77. The molecule has 0 aliphatic carbocycles. The minimum absolute atomic E-state index is 0.0900. The maximum Gasteiger partial charge on any atom is 0.249 e. The van der Waals surface area contributed by atoms with Crippen molar-refractivity contribution in [3.63, 3.8) is 0 Å². The highest BCUT2D eigenvalue weighted by molar-refractivity contribution is 6.04. The molecule has 1 atom stereocenters. The van der Waals surface area contributed by atoms with Crippen LogP contribution in [-0.4, -0.2) is 36.0 Å². The molecular weight excluding hydrogens is 260 g/mol.